The minimum absolute atomic E-state index is 0.0282. The Kier molecular flexibility index (Phi) is 4.60. The number of aromatic nitrogens is 4. The van der Waals surface area contributed by atoms with Crippen molar-refractivity contribution in [3.8, 4) is 0 Å². The van der Waals surface area contributed by atoms with Crippen LogP contribution in [0.15, 0.2) is 30.6 Å². The summed E-state index contributed by atoms with van der Waals surface area (Å²) in [6.45, 7) is 4.09. The molecule has 3 aromatic rings. The molecule has 0 aliphatic rings. The van der Waals surface area contributed by atoms with E-state index in [1.54, 1.807) is 18.5 Å². The Labute approximate surface area is 151 Å². The van der Waals surface area contributed by atoms with E-state index in [1.165, 1.54) is 12.1 Å². The predicted octanol–water partition coefficient (Wildman–Crippen LogP) is 2.56. The summed E-state index contributed by atoms with van der Waals surface area (Å²) in [6.07, 6.45) is 1.72. The van der Waals surface area contributed by atoms with Gasteiger partial charge in [0.25, 0.3) is 0 Å². The van der Waals surface area contributed by atoms with Crippen LogP contribution in [0.25, 0.3) is 11.2 Å². The van der Waals surface area contributed by atoms with E-state index in [4.69, 9.17) is 9.79 Å². The van der Waals surface area contributed by atoms with Gasteiger partial charge in [-0.2, -0.15) is 0 Å². The van der Waals surface area contributed by atoms with Crippen molar-refractivity contribution in [3.63, 3.8) is 0 Å². The van der Waals surface area contributed by atoms with Crippen molar-refractivity contribution in [2.45, 2.75) is 19.9 Å². The highest BCUT2D eigenvalue weighted by molar-refractivity contribution is 14.1. The van der Waals surface area contributed by atoms with Crippen molar-refractivity contribution < 1.29 is 14.4 Å². The molecule has 2 aromatic heterocycles. The van der Waals surface area contributed by atoms with Crippen molar-refractivity contribution in [1.29, 1.82) is 0 Å². The van der Waals surface area contributed by atoms with Gasteiger partial charge in [0.15, 0.2) is 20.8 Å². The fourth-order valence-corrected chi connectivity index (χ4v) is 3.24. The topological polar surface area (TPSA) is 113 Å². The third-order valence-corrected chi connectivity index (χ3v) is 4.87. The van der Waals surface area contributed by atoms with Crippen molar-refractivity contribution in [2.24, 2.45) is 0 Å². The molecule has 0 radical (unpaired) electrons. The molecule has 0 amide bonds. The number of hydrogen-bond donors (Lipinski definition) is 3. The predicted molar refractivity (Wildman–Crippen MR) is 99.8 cm³/mol. The summed E-state index contributed by atoms with van der Waals surface area (Å²) < 4.78 is 13.8. The van der Waals surface area contributed by atoms with Crippen LogP contribution in [0.4, 0.5) is 11.5 Å². The molecule has 3 rings (SSSR count). The van der Waals surface area contributed by atoms with Gasteiger partial charge in [-0.05, 0) is 38.1 Å². The van der Waals surface area contributed by atoms with Crippen LogP contribution in [-0.2, 0) is 4.57 Å². The van der Waals surface area contributed by atoms with E-state index in [9.17, 15) is 4.57 Å². The van der Waals surface area contributed by atoms with Gasteiger partial charge in [0.05, 0.1) is 11.6 Å². The highest BCUT2D eigenvalue weighted by atomic mass is 127. The van der Waals surface area contributed by atoms with Crippen LogP contribution in [0.2, 0.25) is 0 Å². The molecule has 10 heteroatoms. The highest BCUT2D eigenvalue weighted by Gasteiger charge is 2.17. The first-order valence-electron chi connectivity index (χ1n) is 7.09. The minimum atomic E-state index is -4.25. The zero-order chi connectivity index (χ0) is 17.5. The molecule has 0 aliphatic carbocycles. The second-order valence-corrected chi connectivity index (χ2v) is 8.04. The van der Waals surface area contributed by atoms with Crippen molar-refractivity contribution in [3.05, 3.63) is 34.4 Å². The van der Waals surface area contributed by atoms with Gasteiger partial charge in [-0.1, -0.05) is 0 Å². The van der Waals surface area contributed by atoms with E-state index in [1.807, 2.05) is 41.0 Å². The molecule has 1 aromatic carbocycles. The monoisotopic (exact) mass is 459 g/mol. The van der Waals surface area contributed by atoms with Crippen LogP contribution in [0, 0.1) is 3.83 Å². The molecule has 2 heterocycles. The number of rotatable bonds is 4. The summed E-state index contributed by atoms with van der Waals surface area (Å²) in [7, 11) is -4.25. The maximum Gasteiger partial charge on any atom is 0.356 e. The Balaban J connectivity index is 2.00. The summed E-state index contributed by atoms with van der Waals surface area (Å²) in [5, 5.41) is 3.11. The van der Waals surface area contributed by atoms with E-state index < -0.39 is 7.60 Å². The first kappa shape index (κ1) is 17.3. The molecule has 126 valence electrons. The molecule has 0 aliphatic heterocycles. The average molecular weight is 459 g/mol. The quantitative estimate of drug-likeness (QED) is 0.312. The standard InChI is InChI=1S/C14H15IN5O3P/c1-8(2)20-7-16-11-12(18-14(15)19-13(11)20)17-9-3-5-10(6-4-9)24(21,22)23/h3-8H,1-2H3,(H,17,18,19)(H2,21,22,23). The zero-order valence-corrected chi connectivity index (χ0v) is 15.9. The second-order valence-electron chi connectivity index (χ2n) is 5.47. The van der Waals surface area contributed by atoms with Crippen molar-refractivity contribution in [2.75, 3.05) is 5.32 Å². The molecule has 0 unspecified atom stereocenters. The lowest BCUT2D eigenvalue weighted by Crippen LogP contribution is -2.05. The van der Waals surface area contributed by atoms with Gasteiger partial charge in [-0.3, -0.25) is 4.57 Å². The number of hydrogen-bond acceptors (Lipinski definition) is 5. The SMILES string of the molecule is CC(C)n1cnc2c(Nc3ccc(P(=O)(O)O)cc3)nc(I)nc21. The third-order valence-electron chi connectivity index (χ3n) is 3.42. The van der Waals surface area contributed by atoms with Gasteiger partial charge in [0.1, 0.15) is 0 Å². The largest absolute Gasteiger partial charge is 0.356 e. The van der Waals surface area contributed by atoms with Crippen LogP contribution < -0.4 is 10.6 Å². The number of anilines is 2. The Morgan fingerprint density at radius 1 is 1.21 bits per heavy atom. The first-order chi connectivity index (χ1) is 11.3. The van der Waals surface area contributed by atoms with Gasteiger partial charge >= 0.3 is 7.60 Å². The minimum Gasteiger partial charge on any atom is -0.338 e. The maximum absolute atomic E-state index is 11.2. The second kappa shape index (κ2) is 6.40. The molecular weight excluding hydrogens is 444 g/mol. The fraction of sp³-hybridized carbons (Fsp3) is 0.214. The van der Waals surface area contributed by atoms with E-state index in [-0.39, 0.29) is 11.3 Å². The summed E-state index contributed by atoms with van der Waals surface area (Å²) in [5.74, 6) is 0.549. The molecule has 0 saturated heterocycles. The molecular formula is C14H15IN5O3P. The molecule has 0 bridgehead atoms. The molecule has 0 spiro atoms. The fourth-order valence-electron chi connectivity index (χ4n) is 2.23. The first-order valence-corrected chi connectivity index (χ1v) is 9.78. The summed E-state index contributed by atoms with van der Waals surface area (Å²) in [5.41, 5.74) is 2.03. The van der Waals surface area contributed by atoms with Crippen molar-refractivity contribution >= 4 is 58.2 Å². The van der Waals surface area contributed by atoms with E-state index in [0.717, 1.165) is 5.65 Å². The van der Waals surface area contributed by atoms with Gasteiger partial charge in [0, 0.05) is 34.3 Å². The van der Waals surface area contributed by atoms with Gasteiger partial charge in [-0.25, -0.2) is 15.0 Å². The lowest BCUT2D eigenvalue weighted by molar-refractivity contribution is 0.387. The third kappa shape index (κ3) is 3.44. The van der Waals surface area contributed by atoms with Crippen LogP contribution in [0.3, 0.4) is 0 Å². The van der Waals surface area contributed by atoms with E-state index in [0.29, 0.717) is 20.9 Å². The maximum atomic E-state index is 11.2. The molecule has 0 saturated carbocycles. The lowest BCUT2D eigenvalue weighted by atomic mass is 10.3. The number of halogens is 1. The van der Waals surface area contributed by atoms with E-state index in [2.05, 4.69) is 20.3 Å². The molecule has 3 N–H and O–H groups in total. The Hall–Kier alpha value is -1.55. The summed E-state index contributed by atoms with van der Waals surface area (Å²) >= 11 is 2.04. The Morgan fingerprint density at radius 2 is 1.88 bits per heavy atom. The Bertz CT molecular complexity index is 935. The van der Waals surface area contributed by atoms with Gasteiger partial charge in [0.2, 0.25) is 0 Å². The number of nitrogens with zero attached hydrogens (tertiary/aromatic N) is 4. The van der Waals surface area contributed by atoms with Crippen LogP contribution in [-0.4, -0.2) is 29.3 Å². The molecule has 8 nitrogen and oxygen atoms in total. The summed E-state index contributed by atoms with van der Waals surface area (Å²) in [4.78, 5) is 31.5. The van der Waals surface area contributed by atoms with Gasteiger partial charge < -0.3 is 19.7 Å². The summed E-state index contributed by atoms with van der Waals surface area (Å²) in [6, 6.07) is 6.18. The zero-order valence-electron chi connectivity index (χ0n) is 12.9. The van der Waals surface area contributed by atoms with Crippen molar-refractivity contribution in [1.82, 2.24) is 19.5 Å². The normalized spacial score (nSPS) is 12.1. The van der Waals surface area contributed by atoms with Crippen LogP contribution in [0.5, 0.6) is 0 Å². The Morgan fingerprint density at radius 3 is 2.46 bits per heavy atom. The number of fused-ring (bicyclic) bond motifs is 1. The van der Waals surface area contributed by atoms with Crippen LogP contribution in [0.1, 0.15) is 19.9 Å². The van der Waals surface area contributed by atoms with Gasteiger partial charge in [-0.15, -0.1) is 0 Å². The number of nitrogens with one attached hydrogen (secondary N) is 1. The molecule has 0 fully saturated rings. The molecule has 24 heavy (non-hydrogen) atoms. The highest BCUT2D eigenvalue weighted by Crippen LogP contribution is 2.33. The van der Waals surface area contributed by atoms with E-state index >= 15 is 0 Å². The van der Waals surface area contributed by atoms with Crippen LogP contribution >= 0.6 is 30.2 Å². The number of imidazole rings is 1. The lowest BCUT2D eigenvalue weighted by Gasteiger charge is -2.10. The molecule has 0 atom stereocenters. The average Bonchev–Trinajstić information content (AvgIpc) is 2.90. The smallest absolute Gasteiger partial charge is 0.338 e. The number of benzene rings is 1.